The zero-order valence-corrected chi connectivity index (χ0v) is 13.4. The fraction of sp³-hybridized carbons (Fsp3) is 0.600. The van der Waals surface area contributed by atoms with Gasteiger partial charge in [0.05, 0.1) is 12.0 Å². The van der Waals surface area contributed by atoms with Gasteiger partial charge in [0.1, 0.15) is 4.83 Å². The molecule has 2 aromatic rings. The lowest BCUT2D eigenvalue weighted by atomic mass is 10.1. The number of fused-ring (bicyclic) bond motifs is 1. The Morgan fingerprint density at radius 3 is 3.14 bits per heavy atom. The quantitative estimate of drug-likeness (QED) is 0.889. The number of aromatic nitrogens is 2. The Kier molecular flexibility index (Phi) is 4.55. The van der Waals surface area contributed by atoms with Crippen molar-refractivity contribution in [3.8, 4) is 5.88 Å². The van der Waals surface area contributed by atoms with Crippen LogP contribution in [0.2, 0.25) is 0 Å². The maximum Gasteiger partial charge on any atom is 0.227 e. The summed E-state index contributed by atoms with van der Waals surface area (Å²) in [5, 5.41) is 6.21. The highest BCUT2D eigenvalue weighted by molar-refractivity contribution is 7.16. The molecule has 0 aromatic carbocycles. The van der Waals surface area contributed by atoms with E-state index < -0.39 is 0 Å². The molecule has 1 N–H and O–H groups in total. The van der Waals surface area contributed by atoms with E-state index in [1.165, 1.54) is 19.4 Å². The van der Waals surface area contributed by atoms with Crippen molar-refractivity contribution in [3.05, 3.63) is 11.4 Å². The van der Waals surface area contributed by atoms with E-state index in [-0.39, 0.29) is 0 Å². The lowest BCUT2D eigenvalue weighted by molar-refractivity contribution is 0.230. The molecule has 114 valence electrons. The van der Waals surface area contributed by atoms with Gasteiger partial charge in [-0.05, 0) is 51.2 Å². The van der Waals surface area contributed by atoms with Gasteiger partial charge in [0.2, 0.25) is 11.8 Å². The smallest absolute Gasteiger partial charge is 0.227 e. The van der Waals surface area contributed by atoms with Crippen molar-refractivity contribution >= 4 is 27.5 Å². The third-order valence-electron chi connectivity index (χ3n) is 3.99. The molecule has 0 radical (unpaired) electrons. The van der Waals surface area contributed by atoms with E-state index in [2.05, 4.69) is 27.2 Å². The molecular formula is C15H22N4OS. The predicted octanol–water partition coefficient (Wildman–Crippen LogP) is 2.99. The van der Waals surface area contributed by atoms with E-state index in [9.17, 15) is 0 Å². The van der Waals surface area contributed by atoms with Crippen LogP contribution in [-0.4, -0.2) is 47.7 Å². The van der Waals surface area contributed by atoms with Crippen LogP contribution in [-0.2, 0) is 0 Å². The van der Waals surface area contributed by atoms with Gasteiger partial charge in [-0.15, -0.1) is 11.3 Å². The highest BCUT2D eigenvalue weighted by Gasteiger charge is 2.20. The fourth-order valence-electron chi connectivity index (χ4n) is 2.81. The maximum atomic E-state index is 5.96. The molecule has 1 saturated heterocycles. The third kappa shape index (κ3) is 3.27. The summed E-state index contributed by atoms with van der Waals surface area (Å²) in [6.45, 7) is 4.77. The van der Waals surface area contributed by atoms with Crippen LogP contribution >= 0.6 is 11.3 Å². The van der Waals surface area contributed by atoms with E-state index >= 15 is 0 Å². The van der Waals surface area contributed by atoms with Gasteiger partial charge in [0.15, 0.2) is 0 Å². The van der Waals surface area contributed by atoms with Crippen LogP contribution in [0.15, 0.2) is 11.4 Å². The minimum absolute atomic E-state index is 0.651. The van der Waals surface area contributed by atoms with Crippen molar-refractivity contribution in [1.29, 1.82) is 0 Å². The molecule has 6 heteroatoms. The molecule has 3 heterocycles. The Bertz CT molecular complexity index is 600. The summed E-state index contributed by atoms with van der Waals surface area (Å²) in [5.41, 5.74) is 0. The monoisotopic (exact) mass is 306 g/mol. The number of anilines is 1. The molecule has 2 aromatic heterocycles. The van der Waals surface area contributed by atoms with Crippen LogP contribution in [0, 0.1) is 0 Å². The number of rotatable bonds is 6. The Morgan fingerprint density at radius 2 is 2.38 bits per heavy atom. The van der Waals surface area contributed by atoms with Gasteiger partial charge < -0.3 is 15.0 Å². The summed E-state index contributed by atoms with van der Waals surface area (Å²) in [6.07, 6.45) is 3.64. The van der Waals surface area contributed by atoms with E-state index in [0.717, 1.165) is 23.2 Å². The van der Waals surface area contributed by atoms with Gasteiger partial charge in [0.25, 0.3) is 0 Å². The van der Waals surface area contributed by atoms with Crippen LogP contribution in [0.1, 0.15) is 26.2 Å². The average molecular weight is 306 g/mol. The summed E-state index contributed by atoms with van der Waals surface area (Å²) in [7, 11) is 2.20. The standard InChI is InChI=1S/C15H22N4OS/c1-3-16-15-17-13(12-7-10-21-14(12)18-15)20-9-6-11-5-4-8-19(11)2/h7,10-11H,3-6,8-9H2,1-2H3,(H,16,17,18). The van der Waals surface area contributed by atoms with Crippen molar-refractivity contribution in [3.63, 3.8) is 0 Å². The van der Waals surface area contributed by atoms with Gasteiger partial charge in [-0.1, -0.05) is 0 Å². The second-order valence-electron chi connectivity index (χ2n) is 5.44. The van der Waals surface area contributed by atoms with E-state index in [1.54, 1.807) is 11.3 Å². The molecule has 3 rings (SSSR count). The average Bonchev–Trinajstić information content (AvgIpc) is 3.08. The molecule has 1 unspecified atom stereocenters. The first-order valence-electron chi connectivity index (χ1n) is 7.60. The number of likely N-dealkylation sites (tertiary alicyclic amines) is 1. The predicted molar refractivity (Wildman–Crippen MR) is 87.3 cm³/mol. The maximum absolute atomic E-state index is 5.96. The molecule has 0 aliphatic carbocycles. The molecule has 0 amide bonds. The summed E-state index contributed by atoms with van der Waals surface area (Å²) in [5.74, 6) is 1.36. The molecule has 1 aliphatic rings. The minimum Gasteiger partial charge on any atom is -0.477 e. The van der Waals surface area contributed by atoms with Gasteiger partial charge in [-0.25, -0.2) is 4.98 Å². The molecule has 1 atom stereocenters. The number of hydrogen-bond donors (Lipinski definition) is 1. The first kappa shape index (κ1) is 14.5. The third-order valence-corrected chi connectivity index (χ3v) is 4.79. The van der Waals surface area contributed by atoms with Crippen LogP contribution in [0.25, 0.3) is 10.2 Å². The number of nitrogens with zero attached hydrogens (tertiary/aromatic N) is 3. The normalized spacial score (nSPS) is 19.2. The van der Waals surface area contributed by atoms with E-state index in [4.69, 9.17) is 4.74 Å². The summed E-state index contributed by atoms with van der Waals surface area (Å²) < 4.78 is 5.96. The largest absolute Gasteiger partial charge is 0.477 e. The first-order valence-corrected chi connectivity index (χ1v) is 8.48. The summed E-state index contributed by atoms with van der Waals surface area (Å²) >= 11 is 1.62. The van der Waals surface area contributed by atoms with E-state index in [0.29, 0.717) is 24.5 Å². The van der Waals surface area contributed by atoms with Crippen molar-refractivity contribution < 1.29 is 4.74 Å². The van der Waals surface area contributed by atoms with Gasteiger partial charge in [0, 0.05) is 12.6 Å². The molecule has 0 bridgehead atoms. The number of hydrogen-bond acceptors (Lipinski definition) is 6. The zero-order valence-electron chi connectivity index (χ0n) is 12.6. The zero-order chi connectivity index (χ0) is 14.7. The molecule has 21 heavy (non-hydrogen) atoms. The van der Waals surface area contributed by atoms with Crippen LogP contribution in [0.5, 0.6) is 5.88 Å². The van der Waals surface area contributed by atoms with Crippen molar-refractivity contribution in [1.82, 2.24) is 14.9 Å². The second kappa shape index (κ2) is 6.58. The number of ether oxygens (including phenoxy) is 1. The van der Waals surface area contributed by atoms with Crippen molar-refractivity contribution in [2.75, 3.05) is 32.1 Å². The highest BCUT2D eigenvalue weighted by Crippen LogP contribution is 2.28. The Balaban J connectivity index is 1.68. The van der Waals surface area contributed by atoms with Gasteiger partial charge >= 0.3 is 0 Å². The van der Waals surface area contributed by atoms with Crippen LogP contribution in [0.3, 0.4) is 0 Å². The van der Waals surface area contributed by atoms with Gasteiger partial charge in [-0.2, -0.15) is 4.98 Å². The summed E-state index contributed by atoms with van der Waals surface area (Å²) in [6, 6.07) is 2.69. The first-order chi connectivity index (χ1) is 10.3. The van der Waals surface area contributed by atoms with Crippen molar-refractivity contribution in [2.45, 2.75) is 32.2 Å². The topological polar surface area (TPSA) is 50.3 Å². The molecule has 0 saturated carbocycles. The van der Waals surface area contributed by atoms with E-state index in [1.807, 2.05) is 18.4 Å². The van der Waals surface area contributed by atoms with Crippen LogP contribution in [0.4, 0.5) is 5.95 Å². The molecule has 5 nitrogen and oxygen atoms in total. The molecule has 0 spiro atoms. The Labute approximate surface area is 129 Å². The van der Waals surface area contributed by atoms with Gasteiger partial charge in [-0.3, -0.25) is 0 Å². The Hall–Kier alpha value is -1.40. The van der Waals surface area contributed by atoms with Crippen molar-refractivity contribution in [2.24, 2.45) is 0 Å². The molecule has 1 fully saturated rings. The second-order valence-corrected chi connectivity index (χ2v) is 6.33. The fourth-order valence-corrected chi connectivity index (χ4v) is 3.57. The minimum atomic E-state index is 0.651. The summed E-state index contributed by atoms with van der Waals surface area (Å²) in [4.78, 5) is 12.4. The molecular weight excluding hydrogens is 284 g/mol. The lowest BCUT2D eigenvalue weighted by Gasteiger charge is -2.19. The SMILES string of the molecule is CCNc1nc(OCCC2CCCN2C)c2ccsc2n1. The van der Waals surface area contributed by atoms with Crippen LogP contribution < -0.4 is 10.1 Å². The number of thiophene rings is 1. The molecule has 1 aliphatic heterocycles. The lowest BCUT2D eigenvalue weighted by Crippen LogP contribution is -2.26. The highest BCUT2D eigenvalue weighted by atomic mass is 32.1. The Morgan fingerprint density at radius 1 is 1.48 bits per heavy atom. The number of nitrogens with one attached hydrogen (secondary N) is 1.